The van der Waals surface area contributed by atoms with Gasteiger partial charge in [-0.05, 0) is 6.42 Å². The molecule has 0 aliphatic carbocycles. The summed E-state index contributed by atoms with van der Waals surface area (Å²) >= 11 is 2.18. The van der Waals surface area contributed by atoms with E-state index in [1.807, 2.05) is 0 Å². The highest BCUT2D eigenvalue weighted by Gasteiger charge is 1.82. The van der Waals surface area contributed by atoms with Gasteiger partial charge >= 0.3 is 0 Å². The van der Waals surface area contributed by atoms with Crippen LogP contribution < -0.4 is 5.73 Å². The normalized spacial score (nSPS) is 15.0. The maximum Gasteiger partial charge on any atom is 0.0565 e. The molecular weight excluding hydrogens is 177 g/mol. The van der Waals surface area contributed by atoms with E-state index in [0.717, 1.165) is 6.42 Å². The van der Waals surface area contributed by atoms with Crippen LogP contribution in [0.25, 0.3) is 0 Å². The maximum absolute atomic E-state index is 5.28. The zero-order valence-corrected chi connectivity index (χ0v) is 5.40. The van der Waals surface area contributed by atoms with Crippen molar-refractivity contribution in [1.82, 2.24) is 0 Å². The molecule has 0 radical (unpaired) electrons. The Balaban J connectivity index is 2.54. The van der Waals surface area contributed by atoms with Gasteiger partial charge < -0.3 is 5.73 Å². The van der Waals surface area contributed by atoms with E-state index in [-0.39, 0.29) is 0 Å². The molecule has 32 valence electrons. The molecule has 2 N–H and O–H groups in total. The van der Waals surface area contributed by atoms with E-state index in [0.29, 0.717) is 4.05 Å². The van der Waals surface area contributed by atoms with Crippen LogP contribution in [0.1, 0.15) is 13.3 Å². The van der Waals surface area contributed by atoms with Crippen molar-refractivity contribution in [3.05, 3.63) is 0 Å². The minimum atomic E-state index is 0.354. The van der Waals surface area contributed by atoms with Crippen molar-refractivity contribution in [2.45, 2.75) is 17.4 Å². The van der Waals surface area contributed by atoms with Gasteiger partial charge in [-0.3, -0.25) is 0 Å². The molecule has 0 heterocycles. The number of nitrogens with two attached hydrogens (primary N) is 1. The van der Waals surface area contributed by atoms with Crippen molar-refractivity contribution in [3.63, 3.8) is 0 Å². The first kappa shape index (κ1) is 5.69. The molecule has 0 aliphatic rings. The Hall–Kier alpha value is 0.690. The van der Waals surface area contributed by atoms with Gasteiger partial charge in [-0.25, -0.2) is 0 Å². The fourth-order valence-electron chi connectivity index (χ4n) is 0. The molecule has 0 saturated carbocycles. The predicted octanol–water partition coefficient (Wildman–Crippen LogP) is 1.12. The Morgan fingerprint density at radius 3 is 2.20 bits per heavy atom. The first-order valence-electron chi connectivity index (χ1n) is 1.67. The van der Waals surface area contributed by atoms with Crippen LogP contribution in [-0.2, 0) is 0 Å². The third-order valence-electron chi connectivity index (χ3n) is 0.390. The quantitative estimate of drug-likeness (QED) is 0.369. The molecule has 0 bridgehead atoms. The lowest BCUT2D eigenvalue weighted by atomic mass is 10.5. The summed E-state index contributed by atoms with van der Waals surface area (Å²) in [4.78, 5) is 0. The van der Waals surface area contributed by atoms with Crippen molar-refractivity contribution < 1.29 is 0 Å². The fraction of sp³-hybridized carbons (Fsp3) is 1.00. The fourth-order valence-corrected chi connectivity index (χ4v) is 0. The van der Waals surface area contributed by atoms with E-state index in [9.17, 15) is 0 Å². The lowest BCUT2D eigenvalue weighted by Gasteiger charge is -1.89. The first-order chi connectivity index (χ1) is 2.27. The summed E-state index contributed by atoms with van der Waals surface area (Å²) in [6, 6.07) is 0. The Labute approximate surface area is 46.1 Å². The number of rotatable bonds is 1. The second-order valence-corrected chi connectivity index (χ2v) is 2.52. The van der Waals surface area contributed by atoms with Crippen LogP contribution >= 0.6 is 22.6 Å². The van der Waals surface area contributed by atoms with E-state index >= 15 is 0 Å². The van der Waals surface area contributed by atoms with E-state index < -0.39 is 0 Å². The molecule has 5 heavy (non-hydrogen) atoms. The zero-order valence-electron chi connectivity index (χ0n) is 3.24. The van der Waals surface area contributed by atoms with Gasteiger partial charge in [0.2, 0.25) is 0 Å². The van der Waals surface area contributed by atoms with Crippen molar-refractivity contribution in [2.75, 3.05) is 0 Å². The molecule has 0 aromatic heterocycles. The standard InChI is InChI=1S/C3H8IN/c1-2-3(4)5/h3H,2,5H2,1H3. The van der Waals surface area contributed by atoms with Crippen LogP contribution in [0.2, 0.25) is 0 Å². The van der Waals surface area contributed by atoms with E-state index in [1.54, 1.807) is 0 Å². The summed E-state index contributed by atoms with van der Waals surface area (Å²) in [6.07, 6.45) is 1.07. The molecule has 0 aromatic rings. The van der Waals surface area contributed by atoms with Crippen molar-refractivity contribution in [1.29, 1.82) is 0 Å². The molecule has 0 saturated heterocycles. The van der Waals surface area contributed by atoms with Crippen LogP contribution in [0.5, 0.6) is 0 Å². The minimum Gasteiger partial charge on any atom is -0.320 e. The highest BCUT2D eigenvalue weighted by molar-refractivity contribution is 14.1. The van der Waals surface area contributed by atoms with Gasteiger partial charge in [-0.15, -0.1) is 0 Å². The van der Waals surface area contributed by atoms with Gasteiger partial charge in [0, 0.05) is 0 Å². The average Bonchev–Trinajstić information content (AvgIpc) is 1.38. The zero-order chi connectivity index (χ0) is 4.28. The summed E-state index contributed by atoms with van der Waals surface area (Å²) in [5.74, 6) is 0. The van der Waals surface area contributed by atoms with Gasteiger partial charge in [-0.2, -0.15) is 0 Å². The Morgan fingerprint density at radius 1 is 2.00 bits per heavy atom. The molecule has 1 atom stereocenters. The SMILES string of the molecule is CCC(N)I. The molecule has 2 heteroatoms. The third-order valence-corrected chi connectivity index (χ3v) is 1.27. The average molecular weight is 185 g/mol. The summed E-state index contributed by atoms with van der Waals surface area (Å²) in [6.45, 7) is 2.07. The van der Waals surface area contributed by atoms with Gasteiger partial charge in [0.15, 0.2) is 0 Å². The summed E-state index contributed by atoms with van der Waals surface area (Å²) in [5.41, 5.74) is 5.28. The van der Waals surface area contributed by atoms with Crippen LogP contribution in [0.4, 0.5) is 0 Å². The monoisotopic (exact) mass is 185 g/mol. The molecule has 1 nitrogen and oxygen atoms in total. The number of alkyl halides is 1. The topological polar surface area (TPSA) is 26.0 Å². The largest absolute Gasteiger partial charge is 0.320 e. The molecule has 0 fully saturated rings. The Bertz CT molecular complexity index is 20.9. The van der Waals surface area contributed by atoms with Crippen LogP contribution in [0.15, 0.2) is 0 Å². The molecule has 1 unspecified atom stereocenters. The Morgan fingerprint density at radius 2 is 2.20 bits per heavy atom. The lowest BCUT2D eigenvalue weighted by molar-refractivity contribution is 0.900. The highest BCUT2D eigenvalue weighted by Crippen LogP contribution is 1.92. The van der Waals surface area contributed by atoms with E-state index in [2.05, 4.69) is 29.5 Å². The number of hydrogen-bond donors (Lipinski definition) is 1. The van der Waals surface area contributed by atoms with Crippen LogP contribution in [0.3, 0.4) is 0 Å². The molecule has 0 aromatic carbocycles. The van der Waals surface area contributed by atoms with E-state index in [1.165, 1.54) is 0 Å². The van der Waals surface area contributed by atoms with Crippen LogP contribution in [-0.4, -0.2) is 4.05 Å². The van der Waals surface area contributed by atoms with Gasteiger partial charge in [0.1, 0.15) is 0 Å². The number of halogens is 1. The Kier molecular flexibility index (Phi) is 3.30. The second-order valence-electron chi connectivity index (χ2n) is 0.924. The highest BCUT2D eigenvalue weighted by atomic mass is 127. The summed E-state index contributed by atoms with van der Waals surface area (Å²) < 4.78 is 0.354. The number of hydrogen-bond acceptors (Lipinski definition) is 1. The molecular formula is C3H8IN. The van der Waals surface area contributed by atoms with Gasteiger partial charge in [-0.1, -0.05) is 29.5 Å². The van der Waals surface area contributed by atoms with E-state index in [4.69, 9.17) is 5.73 Å². The summed E-state index contributed by atoms with van der Waals surface area (Å²) in [7, 11) is 0. The maximum atomic E-state index is 5.28. The minimum absolute atomic E-state index is 0.354. The molecule has 0 aliphatic heterocycles. The second kappa shape index (κ2) is 2.90. The smallest absolute Gasteiger partial charge is 0.0565 e. The molecule has 0 amide bonds. The first-order valence-corrected chi connectivity index (χ1v) is 2.91. The molecule has 0 rings (SSSR count). The van der Waals surface area contributed by atoms with Crippen LogP contribution in [0, 0.1) is 0 Å². The third kappa shape index (κ3) is 4.69. The van der Waals surface area contributed by atoms with Crippen molar-refractivity contribution in [3.8, 4) is 0 Å². The van der Waals surface area contributed by atoms with Crippen molar-refractivity contribution >= 4 is 22.6 Å². The van der Waals surface area contributed by atoms with Gasteiger partial charge in [0.25, 0.3) is 0 Å². The van der Waals surface area contributed by atoms with Gasteiger partial charge in [0.05, 0.1) is 4.05 Å². The summed E-state index contributed by atoms with van der Waals surface area (Å²) in [5, 5.41) is 0. The molecule has 0 spiro atoms. The lowest BCUT2D eigenvalue weighted by Crippen LogP contribution is -2.07. The van der Waals surface area contributed by atoms with Crippen molar-refractivity contribution in [2.24, 2.45) is 5.73 Å². The predicted molar refractivity (Wildman–Crippen MR) is 32.3 cm³/mol.